The number of fused-ring (bicyclic) bond motifs is 1. The number of nitrogens with zero attached hydrogens (tertiary/aromatic N) is 3. The monoisotopic (exact) mass is 395 g/mol. The van der Waals surface area contributed by atoms with Crippen LogP contribution in [0.3, 0.4) is 0 Å². The molecule has 0 aliphatic carbocycles. The Bertz CT molecular complexity index is 1310. The van der Waals surface area contributed by atoms with Crippen molar-refractivity contribution in [3.05, 3.63) is 73.9 Å². The minimum Gasteiger partial charge on any atom is -0.308 e. The molecule has 1 amide bonds. The Kier molecular flexibility index (Phi) is 4.44. The third-order valence-electron chi connectivity index (χ3n) is 4.39. The van der Waals surface area contributed by atoms with Crippen LogP contribution in [0.15, 0.2) is 51.4 Å². The Hall–Kier alpha value is -3.46. The van der Waals surface area contributed by atoms with Gasteiger partial charge in [0.2, 0.25) is 5.91 Å². The number of carbonyl (C=O) groups is 1. The Balaban J connectivity index is 1.83. The average molecular weight is 395 g/mol. The molecule has 0 fully saturated rings. The van der Waals surface area contributed by atoms with Crippen molar-refractivity contribution in [1.29, 1.82) is 0 Å². The second kappa shape index (κ2) is 6.93. The lowest BCUT2D eigenvalue weighted by Gasteiger charge is -2.13. The summed E-state index contributed by atoms with van der Waals surface area (Å²) >= 11 is 1.24. The number of hydrogen-bond donors (Lipinski definition) is 2. The lowest BCUT2D eigenvalue weighted by Crippen LogP contribution is -2.40. The number of anilines is 1. The van der Waals surface area contributed by atoms with Crippen molar-refractivity contribution in [1.82, 2.24) is 19.3 Å². The Labute approximate surface area is 163 Å². The van der Waals surface area contributed by atoms with Crippen molar-refractivity contribution < 1.29 is 4.79 Å². The molecule has 0 unspecified atom stereocenters. The fourth-order valence-electron chi connectivity index (χ4n) is 3.07. The molecule has 0 aliphatic rings. The van der Waals surface area contributed by atoms with E-state index in [9.17, 15) is 14.4 Å². The van der Waals surface area contributed by atoms with E-state index in [1.807, 2.05) is 26.0 Å². The summed E-state index contributed by atoms with van der Waals surface area (Å²) in [5.41, 5.74) is 1.60. The van der Waals surface area contributed by atoms with Crippen LogP contribution >= 0.6 is 11.3 Å². The van der Waals surface area contributed by atoms with Crippen LogP contribution in [0.2, 0.25) is 0 Å². The van der Waals surface area contributed by atoms with E-state index < -0.39 is 11.6 Å². The molecule has 9 heteroatoms. The van der Waals surface area contributed by atoms with E-state index in [2.05, 4.69) is 15.5 Å². The zero-order valence-electron chi connectivity index (χ0n) is 15.2. The molecule has 0 bridgehead atoms. The number of benzene rings is 1. The summed E-state index contributed by atoms with van der Waals surface area (Å²) in [4.78, 5) is 38.6. The Morgan fingerprint density at radius 1 is 1.21 bits per heavy atom. The maximum Gasteiger partial charge on any atom is 0.336 e. The third kappa shape index (κ3) is 3.05. The van der Waals surface area contributed by atoms with Crippen molar-refractivity contribution in [2.75, 3.05) is 5.32 Å². The molecule has 4 aromatic rings. The molecule has 142 valence electrons. The summed E-state index contributed by atoms with van der Waals surface area (Å²) in [6, 6.07) is 10.5. The predicted molar refractivity (Wildman–Crippen MR) is 108 cm³/mol. The summed E-state index contributed by atoms with van der Waals surface area (Å²) < 4.78 is 2.86. The van der Waals surface area contributed by atoms with E-state index in [4.69, 9.17) is 0 Å². The zero-order chi connectivity index (χ0) is 19.8. The number of amides is 1. The van der Waals surface area contributed by atoms with Gasteiger partial charge >= 0.3 is 5.69 Å². The van der Waals surface area contributed by atoms with E-state index in [1.54, 1.807) is 29.6 Å². The van der Waals surface area contributed by atoms with Crippen LogP contribution in [0.25, 0.3) is 15.9 Å². The van der Waals surface area contributed by atoms with Crippen LogP contribution in [0.4, 0.5) is 5.82 Å². The number of rotatable bonds is 4. The summed E-state index contributed by atoms with van der Waals surface area (Å²) in [7, 11) is 0. The molecule has 2 N–H and O–H groups in total. The maximum absolute atomic E-state index is 13.2. The predicted octanol–water partition coefficient (Wildman–Crippen LogP) is 2.19. The molecule has 3 heterocycles. The molecule has 3 aromatic heterocycles. The van der Waals surface area contributed by atoms with Gasteiger partial charge in [0.05, 0.1) is 11.2 Å². The molecule has 0 radical (unpaired) electrons. The normalized spacial score (nSPS) is 11.1. The van der Waals surface area contributed by atoms with Crippen LogP contribution < -0.4 is 16.6 Å². The number of aromatic nitrogens is 4. The van der Waals surface area contributed by atoms with Crippen molar-refractivity contribution in [2.45, 2.75) is 20.4 Å². The van der Waals surface area contributed by atoms with Gasteiger partial charge in [-0.25, -0.2) is 9.36 Å². The van der Waals surface area contributed by atoms with Crippen LogP contribution in [-0.2, 0) is 11.3 Å². The highest BCUT2D eigenvalue weighted by molar-refractivity contribution is 7.17. The number of thiophene rings is 1. The summed E-state index contributed by atoms with van der Waals surface area (Å²) in [5, 5.41) is 11.1. The topological polar surface area (TPSA) is 102 Å². The zero-order valence-corrected chi connectivity index (χ0v) is 16.0. The van der Waals surface area contributed by atoms with Gasteiger partial charge in [-0.3, -0.25) is 19.3 Å². The first kappa shape index (κ1) is 17.9. The Morgan fingerprint density at radius 3 is 2.71 bits per heavy atom. The van der Waals surface area contributed by atoms with E-state index in [0.717, 1.165) is 15.8 Å². The van der Waals surface area contributed by atoms with Crippen molar-refractivity contribution in [3.63, 3.8) is 0 Å². The summed E-state index contributed by atoms with van der Waals surface area (Å²) in [6.07, 6.45) is 0. The minimum atomic E-state index is -0.557. The first-order valence-electron chi connectivity index (χ1n) is 8.56. The van der Waals surface area contributed by atoms with E-state index >= 15 is 0 Å². The van der Waals surface area contributed by atoms with Crippen LogP contribution in [0.5, 0.6) is 0 Å². The van der Waals surface area contributed by atoms with Gasteiger partial charge in [-0.1, -0.05) is 18.2 Å². The number of nitrogens with one attached hydrogen (secondary N) is 2. The van der Waals surface area contributed by atoms with Gasteiger partial charge in [-0.2, -0.15) is 5.10 Å². The maximum atomic E-state index is 13.2. The molecule has 0 aliphatic heterocycles. The number of H-pyrrole nitrogens is 1. The van der Waals surface area contributed by atoms with Gasteiger partial charge in [-0.15, -0.1) is 11.3 Å². The van der Waals surface area contributed by atoms with Gasteiger partial charge in [0.25, 0.3) is 5.56 Å². The number of aromatic amines is 1. The standard InChI is InChI=1S/C19H17N5O3S/c1-11-5-3-4-6-13(11)24-18(26)17-14(7-8-28-17)23(19(24)27)10-16(25)20-15-9-12(2)21-22-15/h3-9H,10H2,1-2H3,(H2,20,21,22,25). The number of hydrogen-bond acceptors (Lipinski definition) is 5. The van der Waals surface area contributed by atoms with Gasteiger partial charge < -0.3 is 5.32 Å². The van der Waals surface area contributed by atoms with Gasteiger partial charge in [0.15, 0.2) is 5.82 Å². The fourth-order valence-corrected chi connectivity index (χ4v) is 3.90. The molecule has 0 spiro atoms. The van der Waals surface area contributed by atoms with Gasteiger partial charge in [-0.05, 0) is 36.9 Å². The van der Waals surface area contributed by atoms with Gasteiger partial charge in [0, 0.05) is 11.8 Å². The molecule has 28 heavy (non-hydrogen) atoms. The van der Waals surface area contributed by atoms with Crippen LogP contribution in [-0.4, -0.2) is 25.2 Å². The van der Waals surface area contributed by atoms with E-state index in [-0.39, 0.29) is 12.1 Å². The molecule has 0 atom stereocenters. The van der Waals surface area contributed by atoms with Crippen molar-refractivity contribution in [3.8, 4) is 5.69 Å². The molecule has 8 nitrogen and oxygen atoms in total. The second-order valence-corrected chi connectivity index (χ2v) is 7.33. The highest BCUT2D eigenvalue weighted by Crippen LogP contribution is 2.17. The molecule has 1 aromatic carbocycles. The summed E-state index contributed by atoms with van der Waals surface area (Å²) in [6.45, 7) is 3.42. The van der Waals surface area contributed by atoms with E-state index in [0.29, 0.717) is 21.7 Å². The number of para-hydroxylation sites is 1. The molecular weight excluding hydrogens is 378 g/mol. The largest absolute Gasteiger partial charge is 0.336 e. The molecule has 0 saturated heterocycles. The smallest absolute Gasteiger partial charge is 0.308 e. The quantitative estimate of drug-likeness (QED) is 0.553. The fraction of sp³-hybridized carbons (Fsp3) is 0.158. The highest BCUT2D eigenvalue weighted by atomic mass is 32.1. The lowest BCUT2D eigenvalue weighted by atomic mass is 10.2. The highest BCUT2D eigenvalue weighted by Gasteiger charge is 2.18. The Morgan fingerprint density at radius 2 is 2.00 bits per heavy atom. The average Bonchev–Trinajstić information content (AvgIpc) is 3.29. The first-order valence-corrected chi connectivity index (χ1v) is 9.44. The summed E-state index contributed by atoms with van der Waals surface area (Å²) in [5.74, 6) is -0.0274. The van der Waals surface area contributed by atoms with Crippen LogP contribution in [0.1, 0.15) is 11.3 Å². The minimum absolute atomic E-state index is 0.232. The molecule has 4 rings (SSSR count). The first-order chi connectivity index (χ1) is 13.5. The second-order valence-electron chi connectivity index (χ2n) is 6.42. The SMILES string of the molecule is Cc1cc(NC(=O)Cn2c(=O)n(-c3ccccc3C)c(=O)c3sccc32)n[nH]1. The number of carbonyl (C=O) groups excluding carboxylic acids is 1. The lowest BCUT2D eigenvalue weighted by molar-refractivity contribution is -0.116. The van der Waals surface area contributed by atoms with Crippen LogP contribution in [0, 0.1) is 13.8 Å². The number of aryl methyl sites for hydroxylation is 2. The van der Waals surface area contributed by atoms with Crippen molar-refractivity contribution >= 4 is 33.3 Å². The van der Waals surface area contributed by atoms with Crippen molar-refractivity contribution in [2.24, 2.45) is 0 Å². The third-order valence-corrected chi connectivity index (χ3v) is 5.28. The van der Waals surface area contributed by atoms with E-state index in [1.165, 1.54) is 15.9 Å². The molecular formula is C19H17N5O3S. The van der Waals surface area contributed by atoms with Gasteiger partial charge in [0.1, 0.15) is 11.2 Å². The molecule has 0 saturated carbocycles.